The fourth-order valence-electron chi connectivity index (χ4n) is 3.11. The summed E-state index contributed by atoms with van der Waals surface area (Å²) < 4.78 is 4.76. The molecular weight excluding hydrogens is 346 g/mol. The van der Waals surface area contributed by atoms with Gasteiger partial charge in [0.2, 0.25) is 0 Å². The molecule has 0 aromatic heterocycles. The third-order valence-electron chi connectivity index (χ3n) is 4.55. The molecule has 0 radical (unpaired) electrons. The molecule has 0 saturated heterocycles. The van der Waals surface area contributed by atoms with Crippen molar-refractivity contribution in [1.29, 1.82) is 0 Å². The molecule has 1 heterocycles. The van der Waals surface area contributed by atoms with Crippen molar-refractivity contribution < 1.29 is 14.6 Å². The number of hydrogen-bond acceptors (Lipinski definition) is 5. The zero-order valence-electron chi connectivity index (χ0n) is 15.6. The molecule has 5 heteroatoms. The molecule has 2 aromatic carbocycles. The maximum Gasteiger partial charge on any atom is 0.305 e. The van der Waals surface area contributed by atoms with E-state index in [1.165, 1.54) is 12.0 Å². The van der Waals surface area contributed by atoms with Crippen LogP contribution in [0.1, 0.15) is 49.3 Å². The van der Waals surface area contributed by atoms with E-state index in [0.717, 1.165) is 22.4 Å². The smallest absolute Gasteiger partial charge is 0.305 e. The molecule has 0 bridgehead atoms. The van der Waals surface area contributed by atoms with Gasteiger partial charge in [0.25, 0.3) is 0 Å². The minimum absolute atomic E-state index is 0.0495. The highest BCUT2D eigenvalue weighted by Crippen LogP contribution is 2.50. The first-order valence-corrected chi connectivity index (χ1v) is 9.63. The lowest BCUT2D eigenvalue weighted by Crippen LogP contribution is -2.15. The summed E-state index contributed by atoms with van der Waals surface area (Å²) in [6, 6.07) is 12.2. The standard InChI is InChI=1S/C21H25NO3S/c1-21(2,3)15-12-13(9-10-18(23)25-4)11-14(19(15)24)20-22-16-7-5-6-8-17(16)26-20/h5-8,11-12,20,22,24H,9-10H2,1-4H3. The molecule has 0 aliphatic carbocycles. The molecule has 2 aromatic rings. The zero-order valence-corrected chi connectivity index (χ0v) is 16.4. The summed E-state index contributed by atoms with van der Waals surface area (Å²) in [6.07, 6.45) is 0.920. The van der Waals surface area contributed by atoms with E-state index in [1.54, 1.807) is 11.8 Å². The van der Waals surface area contributed by atoms with Gasteiger partial charge in [0.05, 0.1) is 7.11 Å². The van der Waals surface area contributed by atoms with Gasteiger partial charge in [-0.25, -0.2) is 0 Å². The van der Waals surface area contributed by atoms with Gasteiger partial charge in [0.1, 0.15) is 11.1 Å². The summed E-state index contributed by atoms with van der Waals surface area (Å²) >= 11 is 1.70. The van der Waals surface area contributed by atoms with Crippen molar-refractivity contribution in [3.63, 3.8) is 0 Å². The number of para-hydroxylation sites is 1. The van der Waals surface area contributed by atoms with E-state index in [9.17, 15) is 9.90 Å². The van der Waals surface area contributed by atoms with Crippen LogP contribution in [-0.4, -0.2) is 18.2 Å². The summed E-state index contributed by atoms with van der Waals surface area (Å²) in [4.78, 5) is 12.7. The van der Waals surface area contributed by atoms with E-state index in [4.69, 9.17) is 4.74 Å². The molecule has 4 nitrogen and oxygen atoms in total. The van der Waals surface area contributed by atoms with E-state index in [2.05, 4.69) is 32.2 Å². The van der Waals surface area contributed by atoms with Gasteiger partial charge in [-0.15, -0.1) is 0 Å². The van der Waals surface area contributed by atoms with E-state index in [0.29, 0.717) is 18.6 Å². The second kappa shape index (κ2) is 7.23. The van der Waals surface area contributed by atoms with Crippen molar-refractivity contribution in [3.8, 4) is 5.75 Å². The third kappa shape index (κ3) is 3.83. The molecule has 138 valence electrons. The zero-order chi connectivity index (χ0) is 18.9. The molecule has 1 atom stereocenters. The quantitative estimate of drug-likeness (QED) is 0.740. The highest BCUT2D eigenvalue weighted by atomic mass is 32.2. The Kier molecular flexibility index (Phi) is 5.19. The largest absolute Gasteiger partial charge is 0.507 e. The van der Waals surface area contributed by atoms with E-state index in [-0.39, 0.29) is 16.8 Å². The van der Waals surface area contributed by atoms with Gasteiger partial charge in [-0.3, -0.25) is 4.79 Å². The summed E-state index contributed by atoms with van der Waals surface area (Å²) in [5.41, 5.74) is 3.67. The monoisotopic (exact) mass is 371 g/mol. The number of anilines is 1. The van der Waals surface area contributed by atoms with Crippen LogP contribution in [0.4, 0.5) is 5.69 Å². The SMILES string of the molecule is COC(=O)CCc1cc(C2Nc3ccccc3S2)c(O)c(C(C)(C)C)c1. The first-order chi connectivity index (χ1) is 12.3. The number of benzene rings is 2. The molecule has 3 rings (SSSR count). The fourth-order valence-corrected chi connectivity index (χ4v) is 4.27. The van der Waals surface area contributed by atoms with Crippen LogP contribution in [-0.2, 0) is 21.4 Å². The predicted octanol–water partition coefficient (Wildman–Crippen LogP) is 5.01. The molecule has 1 unspecified atom stereocenters. The average Bonchev–Trinajstić information content (AvgIpc) is 3.03. The number of hydrogen-bond donors (Lipinski definition) is 2. The lowest BCUT2D eigenvalue weighted by Gasteiger charge is -2.25. The highest BCUT2D eigenvalue weighted by Gasteiger charge is 2.29. The van der Waals surface area contributed by atoms with Gasteiger partial charge in [-0.05, 0) is 41.2 Å². The Morgan fingerprint density at radius 1 is 1.27 bits per heavy atom. The van der Waals surface area contributed by atoms with Crippen molar-refractivity contribution in [2.24, 2.45) is 0 Å². The maximum absolute atomic E-state index is 11.5. The van der Waals surface area contributed by atoms with Crippen molar-refractivity contribution >= 4 is 23.4 Å². The van der Waals surface area contributed by atoms with Crippen molar-refractivity contribution in [1.82, 2.24) is 0 Å². The number of carbonyl (C=O) groups excluding carboxylic acids is 1. The van der Waals surface area contributed by atoms with Crippen molar-refractivity contribution in [2.45, 2.75) is 49.3 Å². The van der Waals surface area contributed by atoms with E-state index >= 15 is 0 Å². The second-order valence-corrected chi connectivity index (χ2v) is 8.69. The molecule has 2 N–H and O–H groups in total. The molecule has 0 amide bonds. The molecule has 0 fully saturated rings. The van der Waals surface area contributed by atoms with Crippen molar-refractivity contribution in [2.75, 3.05) is 12.4 Å². The number of esters is 1. The molecule has 1 aliphatic rings. The fraction of sp³-hybridized carbons (Fsp3) is 0.381. The Hall–Kier alpha value is -2.14. The Morgan fingerprint density at radius 3 is 2.65 bits per heavy atom. The van der Waals surface area contributed by atoms with Gasteiger partial charge in [0, 0.05) is 22.6 Å². The van der Waals surface area contributed by atoms with E-state index < -0.39 is 0 Å². The number of methoxy groups -OCH3 is 1. The Labute approximate surface area is 159 Å². The van der Waals surface area contributed by atoms with Crippen LogP contribution in [0.25, 0.3) is 0 Å². The van der Waals surface area contributed by atoms with Crippen molar-refractivity contribution in [3.05, 3.63) is 53.1 Å². The number of carbonyl (C=O) groups is 1. The van der Waals surface area contributed by atoms with Crippen LogP contribution in [0.15, 0.2) is 41.3 Å². The maximum atomic E-state index is 11.5. The number of phenolic OH excluding ortho intramolecular Hbond substituents is 1. The number of rotatable bonds is 4. The van der Waals surface area contributed by atoms with Gasteiger partial charge in [0.15, 0.2) is 0 Å². The lowest BCUT2D eigenvalue weighted by molar-refractivity contribution is -0.140. The first-order valence-electron chi connectivity index (χ1n) is 8.75. The first kappa shape index (κ1) is 18.6. The predicted molar refractivity (Wildman–Crippen MR) is 106 cm³/mol. The van der Waals surface area contributed by atoms with Crippen LogP contribution < -0.4 is 5.32 Å². The third-order valence-corrected chi connectivity index (χ3v) is 5.77. The Bertz CT molecular complexity index is 801. The van der Waals surface area contributed by atoms with Gasteiger partial charge in [-0.2, -0.15) is 0 Å². The minimum atomic E-state index is -0.224. The average molecular weight is 372 g/mol. The molecule has 0 spiro atoms. The van der Waals surface area contributed by atoms with E-state index in [1.807, 2.05) is 30.3 Å². The van der Waals surface area contributed by atoms with Gasteiger partial charge in [-0.1, -0.05) is 50.7 Å². The molecule has 1 aliphatic heterocycles. The van der Waals surface area contributed by atoms with Crippen LogP contribution >= 0.6 is 11.8 Å². The summed E-state index contributed by atoms with van der Waals surface area (Å²) in [7, 11) is 1.40. The number of thioether (sulfide) groups is 1. The Morgan fingerprint density at radius 2 is 2.00 bits per heavy atom. The molecule has 0 saturated carbocycles. The molecule has 26 heavy (non-hydrogen) atoms. The number of ether oxygens (including phenoxy) is 1. The number of phenols is 1. The highest BCUT2D eigenvalue weighted by molar-refractivity contribution is 8.00. The van der Waals surface area contributed by atoms with Crippen LogP contribution in [0.5, 0.6) is 5.75 Å². The normalized spacial score (nSPS) is 16.1. The number of nitrogens with one attached hydrogen (secondary N) is 1. The summed E-state index contributed by atoms with van der Waals surface area (Å²) in [5.74, 6) is 0.106. The summed E-state index contributed by atoms with van der Waals surface area (Å²) in [6.45, 7) is 6.25. The van der Waals surface area contributed by atoms with Crippen LogP contribution in [0.2, 0.25) is 0 Å². The second-order valence-electron chi connectivity index (χ2n) is 7.55. The molecular formula is C21H25NO3S. The summed E-state index contributed by atoms with van der Waals surface area (Å²) in [5, 5.41) is 14.4. The van der Waals surface area contributed by atoms with Crippen LogP contribution in [0, 0.1) is 0 Å². The van der Waals surface area contributed by atoms with Gasteiger partial charge < -0.3 is 15.2 Å². The number of aromatic hydroxyl groups is 1. The number of fused-ring (bicyclic) bond motifs is 1. The van der Waals surface area contributed by atoms with Crippen LogP contribution in [0.3, 0.4) is 0 Å². The Balaban J connectivity index is 1.97. The minimum Gasteiger partial charge on any atom is -0.507 e. The topological polar surface area (TPSA) is 58.6 Å². The number of aryl methyl sites for hydroxylation is 1. The van der Waals surface area contributed by atoms with Gasteiger partial charge >= 0.3 is 5.97 Å². The lowest BCUT2D eigenvalue weighted by atomic mass is 9.83.